The van der Waals surface area contributed by atoms with Crippen LogP contribution in [0.1, 0.15) is 27.7 Å². The molecular formula is C16H23Cl2N3O2. The van der Waals surface area contributed by atoms with E-state index in [4.69, 9.17) is 23.2 Å². The Morgan fingerprint density at radius 1 is 1.13 bits per heavy atom. The lowest BCUT2D eigenvalue weighted by molar-refractivity contribution is -0.124. The average Bonchev–Trinajstić information content (AvgIpc) is 2.40. The van der Waals surface area contributed by atoms with Crippen molar-refractivity contribution in [2.24, 2.45) is 0 Å². The number of benzene rings is 1. The number of nitrogens with zero attached hydrogens (tertiary/aromatic N) is 1. The van der Waals surface area contributed by atoms with Crippen molar-refractivity contribution in [3.8, 4) is 0 Å². The second kappa shape index (κ2) is 8.52. The van der Waals surface area contributed by atoms with Gasteiger partial charge in [0.2, 0.25) is 11.8 Å². The summed E-state index contributed by atoms with van der Waals surface area (Å²) in [7, 11) is 0. The number of carbonyl (C=O) groups is 2. The summed E-state index contributed by atoms with van der Waals surface area (Å²) in [6.45, 7) is 8.46. The first kappa shape index (κ1) is 19.7. The summed E-state index contributed by atoms with van der Waals surface area (Å²) < 4.78 is 0. The number of nitrogens with one attached hydrogen (secondary N) is 2. The molecular weight excluding hydrogens is 337 g/mol. The molecule has 23 heavy (non-hydrogen) atoms. The molecule has 0 aliphatic heterocycles. The number of amides is 2. The summed E-state index contributed by atoms with van der Waals surface area (Å²) >= 11 is 11.9. The molecule has 1 aromatic carbocycles. The minimum atomic E-state index is -0.299. The van der Waals surface area contributed by atoms with Crippen molar-refractivity contribution in [3.05, 3.63) is 28.2 Å². The topological polar surface area (TPSA) is 61.4 Å². The van der Waals surface area contributed by atoms with Crippen LogP contribution < -0.4 is 10.6 Å². The second-order valence-electron chi connectivity index (χ2n) is 6.27. The van der Waals surface area contributed by atoms with E-state index in [1.165, 1.54) is 0 Å². The summed E-state index contributed by atoms with van der Waals surface area (Å²) in [6.07, 6.45) is 0. The highest BCUT2D eigenvalue weighted by molar-refractivity contribution is 6.35. The van der Waals surface area contributed by atoms with Crippen LogP contribution in [-0.2, 0) is 9.59 Å². The predicted molar refractivity (Wildman–Crippen MR) is 95.1 cm³/mol. The van der Waals surface area contributed by atoms with Crippen molar-refractivity contribution in [2.75, 3.05) is 25.0 Å². The predicted octanol–water partition coefficient (Wildman–Crippen LogP) is 3.17. The van der Waals surface area contributed by atoms with Gasteiger partial charge < -0.3 is 10.6 Å². The summed E-state index contributed by atoms with van der Waals surface area (Å²) in [4.78, 5) is 25.8. The molecule has 0 fully saturated rings. The Bertz CT molecular complexity index is 571. The summed E-state index contributed by atoms with van der Waals surface area (Å²) in [5.74, 6) is -0.368. The Hall–Kier alpha value is -1.30. The van der Waals surface area contributed by atoms with Gasteiger partial charge in [-0.1, -0.05) is 30.1 Å². The van der Waals surface area contributed by atoms with E-state index in [1.54, 1.807) is 23.1 Å². The number of anilines is 1. The zero-order chi connectivity index (χ0) is 17.6. The highest BCUT2D eigenvalue weighted by atomic mass is 35.5. The average molecular weight is 360 g/mol. The van der Waals surface area contributed by atoms with E-state index in [0.29, 0.717) is 22.3 Å². The molecule has 0 radical (unpaired) electrons. The number of hydrogen-bond donors (Lipinski definition) is 2. The molecule has 2 N–H and O–H groups in total. The molecule has 0 aromatic heterocycles. The highest BCUT2D eigenvalue weighted by Gasteiger charge is 2.18. The van der Waals surface area contributed by atoms with Crippen LogP contribution in [0.25, 0.3) is 0 Å². The molecule has 2 amide bonds. The van der Waals surface area contributed by atoms with Crippen molar-refractivity contribution in [2.45, 2.75) is 33.2 Å². The first-order valence-electron chi connectivity index (χ1n) is 7.39. The van der Waals surface area contributed by atoms with E-state index in [2.05, 4.69) is 10.6 Å². The highest BCUT2D eigenvalue weighted by Crippen LogP contribution is 2.25. The van der Waals surface area contributed by atoms with E-state index in [-0.39, 0.29) is 30.4 Å². The Labute approximate surface area is 147 Å². The van der Waals surface area contributed by atoms with Gasteiger partial charge in [-0.3, -0.25) is 14.5 Å². The zero-order valence-corrected chi connectivity index (χ0v) is 15.4. The Morgan fingerprint density at radius 2 is 1.74 bits per heavy atom. The molecule has 0 saturated carbocycles. The molecule has 0 spiro atoms. The van der Waals surface area contributed by atoms with Gasteiger partial charge in [0, 0.05) is 10.6 Å². The summed E-state index contributed by atoms with van der Waals surface area (Å²) in [6, 6.07) is 4.85. The van der Waals surface area contributed by atoms with Crippen LogP contribution in [0.4, 0.5) is 5.69 Å². The van der Waals surface area contributed by atoms with Crippen molar-refractivity contribution in [1.29, 1.82) is 0 Å². The lowest BCUT2D eigenvalue weighted by atomic mass is 10.1. The molecule has 0 bridgehead atoms. The minimum absolute atomic E-state index is 0.0942. The van der Waals surface area contributed by atoms with Gasteiger partial charge in [0.15, 0.2) is 0 Å². The van der Waals surface area contributed by atoms with Gasteiger partial charge >= 0.3 is 0 Å². The lowest BCUT2D eigenvalue weighted by Gasteiger charge is -2.24. The number of halogens is 2. The third kappa shape index (κ3) is 7.68. The molecule has 0 aliphatic rings. The fourth-order valence-corrected chi connectivity index (χ4v) is 2.26. The maximum absolute atomic E-state index is 12.1. The van der Waals surface area contributed by atoms with Gasteiger partial charge in [0.25, 0.3) is 0 Å². The van der Waals surface area contributed by atoms with Gasteiger partial charge in [-0.2, -0.15) is 0 Å². The number of carbonyl (C=O) groups excluding carboxylic acids is 2. The van der Waals surface area contributed by atoms with E-state index in [9.17, 15) is 9.59 Å². The lowest BCUT2D eigenvalue weighted by Crippen LogP contribution is -2.47. The molecule has 0 heterocycles. The van der Waals surface area contributed by atoms with Crippen LogP contribution in [0.2, 0.25) is 10.0 Å². The van der Waals surface area contributed by atoms with E-state index < -0.39 is 0 Å². The van der Waals surface area contributed by atoms with E-state index in [0.717, 1.165) is 0 Å². The molecule has 0 saturated heterocycles. The smallest absolute Gasteiger partial charge is 0.238 e. The Kier molecular flexibility index (Phi) is 7.32. The molecule has 0 unspecified atom stereocenters. The van der Waals surface area contributed by atoms with Crippen LogP contribution in [0.3, 0.4) is 0 Å². The first-order chi connectivity index (χ1) is 10.6. The molecule has 7 heteroatoms. The third-order valence-electron chi connectivity index (χ3n) is 2.90. The van der Waals surface area contributed by atoms with E-state index in [1.807, 2.05) is 27.7 Å². The summed E-state index contributed by atoms with van der Waals surface area (Å²) in [5.41, 5.74) is 0.159. The molecule has 1 rings (SSSR count). The van der Waals surface area contributed by atoms with Crippen molar-refractivity contribution < 1.29 is 9.59 Å². The second-order valence-corrected chi connectivity index (χ2v) is 7.12. The van der Waals surface area contributed by atoms with Gasteiger partial charge in [-0.15, -0.1) is 0 Å². The normalized spacial score (nSPS) is 11.4. The van der Waals surface area contributed by atoms with Crippen molar-refractivity contribution in [1.82, 2.24) is 10.2 Å². The Morgan fingerprint density at radius 3 is 2.30 bits per heavy atom. The molecule has 0 atom stereocenters. The quantitative estimate of drug-likeness (QED) is 0.819. The fourth-order valence-electron chi connectivity index (χ4n) is 1.93. The van der Waals surface area contributed by atoms with Gasteiger partial charge in [0.1, 0.15) is 0 Å². The molecule has 1 aromatic rings. The van der Waals surface area contributed by atoms with Gasteiger partial charge in [-0.25, -0.2) is 0 Å². The van der Waals surface area contributed by atoms with Crippen LogP contribution in [0, 0.1) is 0 Å². The monoisotopic (exact) mass is 359 g/mol. The molecule has 0 aliphatic carbocycles. The standard InChI is InChI=1S/C16H23Cl2N3O2/c1-5-21(10-15(23)20-16(2,3)4)9-14(22)19-13-8-11(17)6-7-12(13)18/h6-8H,5,9-10H2,1-4H3,(H,19,22)(H,20,23). The fraction of sp³-hybridized carbons (Fsp3) is 0.500. The van der Waals surface area contributed by atoms with Crippen LogP contribution in [0.15, 0.2) is 18.2 Å². The molecule has 5 nitrogen and oxygen atoms in total. The first-order valence-corrected chi connectivity index (χ1v) is 8.14. The zero-order valence-electron chi connectivity index (χ0n) is 13.9. The van der Waals surface area contributed by atoms with Crippen LogP contribution in [-0.4, -0.2) is 41.9 Å². The Balaban J connectivity index is 2.59. The maximum atomic E-state index is 12.1. The van der Waals surface area contributed by atoms with Crippen LogP contribution in [0.5, 0.6) is 0 Å². The summed E-state index contributed by atoms with van der Waals surface area (Å²) in [5, 5.41) is 6.48. The number of likely N-dealkylation sites (N-methyl/N-ethyl adjacent to an activating group) is 1. The number of hydrogen-bond acceptors (Lipinski definition) is 3. The van der Waals surface area contributed by atoms with Crippen molar-refractivity contribution >= 4 is 40.7 Å². The molecule has 128 valence electrons. The SMILES string of the molecule is CCN(CC(=O)Nc1cc(Cl)ccc1Cl)CC(=O)NC(C)(C)C. The van der Waals surface area contributed by atoms with Gasteiger partial charge in [-0.05, 0) is 45.5 Å². The third-order valence-corrected chi connectivity index (χ3v) is 3.46. The van der Waals surface area contributed by atoms with Crippen LogP contribution >= 0.6 is 23.2 Å². The largest absolute Gasteiger partial charge is 0.350 e. The minimum Gasteiger partial charge on any atom is -0.350 e. The van der Waals surface area contributed by atoms with E-state index >= 15 is 0 Å². The number of rotatable bonds is 6. The van der Waals surface area contributed by atoms with Gasteiger partial charge in [0.05, 0.1) is 23.8 Å². The van der Waals surface area contributed by atoms with Crippen molar-refractivity contribution in [3.63, 3.8) is 0 Å². The maximum Gasteiger partial charge on any atom is 0.238 e.